The number of para-hydroxylation sites is 1. The van der Waals surface area contributed by atoms with Crippen LogP contribution in [0.25, 0.3) is 17.4 Å². The molecule has 1 aliphatic heterocycles. The number of furan rings is 1. The first kappa shape index (κ1) is 23.4. The number of aryl methyl sites for hydroxylation is 1. The van der Waals surface area contributed by atoms with Gasteiger partial charge in [0.15, 0.2) is 0 Å². The van der Waals surface area contributed by atoms with Gasteiger partial charge in [-0.25, -0.2) is 18.9 Å². The standard InChI is InChI=1S/C25H20FN3O6/c1-14-11-15(24(32)34-2)7-9-17(14)21-10-8-16(35-21)12-20-23(31)29(25(33)28-20)13-22(30)27-19-6-4-3-5-18(19)26/h3-12H,13H2,1-2H3,(H,27,30)(H,28,33)/b20-12+. The Morgan fingerprint density at radius 2 is 1.91 bits per heavy atom. The van der Waals surface area contributed by atoms with Crippen LogP contribution >= 0.6 is 0 Å². The zero-order valence-electron chi connectivity index (χ0n) is 18.8. The maximum absolute atomic E-state index is 13.7. The van der Waals surface area contributed by atoms with Crippen molar-refractivity contribution in [1.29, 1.82) is 0 Å². The first-order valence-electron chi connectivity index (χ1n) is 10.4. The quantitative estimate of drug-likeness (QED) is 0.318. The molecule has 0 unspecified atom stereocenters. The predicted octanol–water partition coefficient (Wildman–Crippen LogP) is 3.71. The average Bonchev–Trinajstić information content (AvgIpc) is 3.40. The van der Waals surface area contributed by atoms with E-state index < -0.39 is 36.2 Å². The molecule has 35 heavy (non-hydrogen) atoms. The molecular weight excluding hydrogens is 457 g/mol. The lowest BCUT2D eigenvalue weighted by Crippen LogP contribution is -2.38. The minimum atomic E-state index is -0.786. The fourth-order valence-corrected chi connectivity index (χ4v) is 3.51. The number of methoxy groups -OCH3 is 1. The lowest BCUT2D eigenvalue weighted by atomic mass is 10.0. The molecule has 0 atom stereocenters. The summed E-state index contributed by atoms with van der Waals surface area (Å²) in [6, 6.07) is 13.1. The Bertz CT molecular complexity index is 1380. The normalized spacial score (nSPS) is 14.3. The number of amides is 4. The van der Waals surface area contributed by atoms with E-state index in [0.717, 1.165) is 11.1 Å². The molecule has 1 aromatic heterocycles. The lowest BCUT2D eigenvalue weighted by molar-refractivity contribution is -0.127. The minimum absolute atomic E-state index is 0.0571. The van der Waals surface area contributed by atoms with Gasteiger partial charge in [0.25, 0.3) is 5.91 Å². The summed E-state index contributed by atoms with van der Waals surface area (Å²) >= 11 is 0. The number of esters is 1. The average molecular weight is 477 g/mol. The second kappa shape index (κ2) is 9.64. The highest BCUT2D eigenvalue weighted by atomic mass is 19.1. The topological polar surface area (TPSA) is 118 Å². The molecule has 3 aromatic rings. The number of ether oxygens (including phenoxy) is 1. The summed E-state index contributed by atoms with van der Waals surface area (Å²) in [6.45, 7) is 1.22. The maximum atomic E-state index is 13.7. The van der Waals surface area contributed by atoms with E-state index in [4.69, 9.17) is 9.15 Å². The van der Waals surface area contributed by atoms with E-state index in [1.54, 1.807) is 36.4 Å². The molecule has 0 saturated carbocycles. The zero-order chi connectivity index (χ0) is 25.1. The van der Waals surface area contributed by atoms with Crippen molar-refractivity contribution in [3.8, 4) is 11.3 Å². The third-order valence-corrected chi connectivity index (χ3v) is 5.24. The number of benzene rings is 2. The number of hydrogen-bond donors (Lipinski definition) is 2. The third kappa shape index (κ3) is 4.96. The molecule has 1 fully saturated rings. The molecule has 0 aliphatic carbocycles. The van der Waals surface area contributed by atoms with E-state index in [9.17, 15) is 23.6 Å². The monoisotopic (exact) mass is 477 g/mol. The number of carbonyl (C=O) groups excluding carboxylic acids is 4. The molecule has 10 heteroatoms. The fourth-order valence-electron chi connectivity index (χ4n) is 3.51. The summed E-state index contributed by atoms with van der Waals surface area (Å²) in [6.07, 6.45) is 1.34. The van der Waals surface area contributed by atoms with Crippen molar-refractivity contribution in [3.63, 3.8) is 0 Å². The van der Waals surface area contributed by atoms with Crippen molar-refractivity contribution in [3.05, 3.63) is 83.0 Å². The summed E-state index contributed by atoms with van der Waals surface area (Å²) < 4.78 is 24.2. The van der Waals surface area contributed by atoms with Gasteiger partial charge in [0.05, 0.1) is 18.4 Å². The number of halogens is 1. The van der Waals surface area contributed by atoms with Crippen molar-refractivity contribution in [2.24, 2.45) is 0 Å². The van der Waals surface area contributed by atoms with Gasteiger partial charge in [-0.15, -0.1) is 0 Å². The lowest BCUT2D eigenvalue weighted by Gasteiger charge is -2.12. The summed E-state index contributed by atoms with van der Waals surface area (Å²) in [5.41, 5.74) is 1.78. The largest absolute Gasteiger partial charge is 0.465 e. The van der Waals surface area contributed by atoms with Gasteiger partial charge in [-0.1, -0.05) is 18.2 Å². The molecule has 2 aromatic carbocycles. The van der Waals surface area contributed by atoms with E-state index in [0.29, 0.717) is 16.2 Å². The Labute approximate surface area is 199 Å². The van der Waals surface area contributed by atoms with Crippen LogP contribution in [0.4, 0.5) is 14.9 Å². The number of carbonyl (C=O) groups is 4. The van der Waals surface area contributed by atoms with Gasteiger partial charge in [0.1, 0.15) is 29.6 Å². The van der Waals surface area contributed by atoms with Gasteiger partial charge in [0.2, 0.25) is 5.91 Å². The highest BCUT2D eigenvalue weighted by molar-refractivity contribution is 6.15. The van der Waals surface area contributed by atoms with Crippen molar-refractivity contribution < 1.29 is 32.7 Å². The number of nitrogens with one attached hydrogen (secondary N) is 2. The Balaban J connectivity index is 1.47. The first-order chi connectivity index (χ1) is 16.8. The predicted molar refractivity (Wildman–Crippen MR) is 123 cm³/mol. The van der Waals surface area contributed by atoms with Crippen LogP contribution in [-0.2, 0) is 14.3 Å². The molecule has 1 aliphatic rings. The molecule has 2 heterocycles. The molecular formula is C25H20FN3O6. The van der Waals surface area contributed by atoms with Crippen LogP contribution in [0.1, 0.15) is 21.7 Å². The number of nitrogens with zero attached hydrogens (tertiary/aromatic N) is 1. The van der Waals surface area contributed by atoms with Crippen LogP contribution in [0.5, 0.6) is 0 Å². The summed E-state index contributed by atoms with van der Waals surface area (Å²) in [4.78, 5) is 49.6. The number of anilines is 1. The van der Waals surface area contributed by atoms with Crippen molar-refractivity contribution in [2.75, 3.05) is 19.0 Å². The molecule has 1 saturated heterocycles. The molecule has 178 valence electrons. The van der Waals surface area contributed by atoms with Gasteiger partial charge in [-0.2, -0.15) is 0 Å². The number of hydrogen-bond acceptors (Lipinski definition) is 6. The van der Waals surface area contributed by atoms with Gasteiger partial charge >= 0.3 is 12.0 Å². The zero-order valence-corrected chi connectivity index (χ0v) is 18.8. The van der Waals surface area contributed by atoms with Gasteiger partial charge in [0, 0.05) is 11.6 Å². The van der Waals surface area contributed by atoms with E-state index in [1.807, 2.05) is 6.92 Å². The summed E-state index contributed by atoms with van der Waals surface area (Å²) in [5, 5.41) is 4.73. The molecule has 2 N–H and O–H groups in total. The van der Waals surface area contributed by atoms with E-state index >= 15 is 0 Å². The van der Waals surface area contributed by atoms with Gasteiger partial charge in [-0.05, 0) is 48.9 Å². The second-order valence-electron chi connectivity index (χ2n) is 7.63. The number of rotatable bonds is 6. The first-order valence-corrected chi connectivity index (χ1v) is 10.4. The highest BCUT2D eigenvalue weighted by Gasteiger charge is 2.35. The Kier molecular flexibility index (Phi) is 6.45. The van der Waals surface area contributed by atoms with E-state index in [2.05, 4.69) is 10.6 Å². The van der Waals surface area contributed by atoms with Crippen LogP contribution in [0.15, 0.2) is 64.7 Å². The number of urea groups is 1. The molecule has 4 amide bonds. The summed E-state index contributed by atoms with van der Waals surface area (Å²) in [7, 11) is 1.30. The Hall–Kier alpha value is -4.73. The van der Waals surface area contributed by atoms with E-state index in [1.165, 1.54) is 31.4 Å². The van der Waals surface area contributed by atoms with Crippen LogP contribution in [0.2, 0.25) is 0 Å². The van der Waals surface area contributed by atoms with Crippen LogP contribution in [0, 0.1) is 12.7 Å². The third-order valence-electron chi connectivity index (χ3n) is 5.24. The molecule has 0 bridgehead atoms. The molecule has 0 spiro atoms. The molecule has 0 radical (unpaired) electrons. The Morgan fingerprint density at radius 1 is 1.14 bits per heavy atom. The molecule has 4 rings (SSSR count). The minimum Gasteiger partial charge on any atom is -0.465 e. The fraction of sp³-hybridized carbons (Fsp3) is 0.120. The number of imide groups is 1. The highest BCUT2D eigenvalue weighted by Crippen LogP contribution is 2.28. The molecule has 9 nitrogen and oxygen atoms in total. The summed E-state index contributed by atoms with van der Waals surface area (Å²) in [5.74, 6) is -1.77. The van der Waals surface area contributed by atoms with Crippen LogP contribution in [-0.4, -0.2) is 42.4 Å². The van der Waals surface area contributed by atoms with Crippen molar-refractivity contribution in [1.82, 2.24) is 10.2 Å². The van der Waals surface area contributed by atoms with E-state index in [-0.39, 0.29) is 17.1 Å². The SMILES string of the molecule is COC(=O)c1ccc(-c2ccc(/C=C3/NC(=O)N(CC(=O)Nc4ccccc4F)C3=O)o2)c(C)c1. The van der Waals surface area contributed by atoms with Gasteiger partial charge < -0.3 is 19.8 Å². The smallest absolute Gasteiger partial charge is 0.337 e. The van der Waals surface area contributed by atoms with Crippen molar-refractivity contribution in [2.45, 2.75) is 6.92 Å². The van der Waals surface area contributed by atoms with Crippen LogP contribution in [0.3, 0.4) is 0 Å². The second-order valence-corrected chi connectivity index (χ2v) is 7.63. The Morgan fingerprint density at radius 3 is 2.63 bits per heavy atom. The maximum Gasteiger partial charge on any atom is 0.337 e. The van der Waals surface area contributed by atoms with Crippen molar-refractivity contribution >= 4 is 35.6 Å². The van der Waals surface area contributed by atoms with Gasteiger partial charge in [-0.3, -0.25) is 9.59 Å². The van der Waals surface area contributed by atoms with Crippen LogP contribution < -0.4 is 10.6 Å².